The Balaban J connectivity index is 1.58. The van der Waals surface area contributed by atoms with Crippen molar-refractivity contribution in [3.8, 4) is 0 Å². The minimum atomic E-state index is -0.849. The number of thioether (sulfide) groups is 1. The van der Waals surface area contributed by atoms with Gasteiger partial charge in [0.25, 0.3) is 0 Å². The average Bonchev–Trinajstić information content (AvgIpc) is 3.27. The summed E-state index contributed by atoms with van der Waals surface area (Å²) in [6, 6.07) is 0. The number of hydrogen-bond acceptors (Lipinski definition) is 5. The van der Waals surface area contributed by atoms with Gasteiger partial charge in [-0.1, -0.05) is 0 Å². The molecule has 21 heavy (non-hydrogen) atoms. The molecule has 1 aliphatic carbocycles. The van der Waals surface area contributed by atoms with Gasteiger partial charge in [0.1, 0.15) is 0 Å². The molecular weight excluding hydrogens is 296 g/mol. The Kier molecular flexibility index (Phi) is 5.46. The fourth-order valence-electron chi connectivity index (χ4n) is 2.07. The van der Waals surface area contributed by atoms with Gasteiger partial charge in [0.15, 0.2) is 0 Å². The molecule has 2 amide bonds. The van der Waals surface area contributed by atoms with E-state index >= 15 is 0 Å². The molecular formula is C13H20N2O5S. The summed E-state index contributed by atoms with van der Waals surface area (Å²) in [4.78, 5) is 36.2. The standard InChI is InChI=1S/C13H20N2O5S/c16-10(14-9-13(1-2-13)12(18)19)7-21-8-11(17)15-3-5-20-6-4-15/h1-9H2,(H,14,16)(H,18,19). The van der Waals surface area contributed by atoms with Gasteiger partial charge in [-0.05, 0) is 12.8 Å². The monoisotopic (exact) mass is 316 g/mol. The molecule has 2 rings (SSSR count). The van der Waals surface area contributed by atoms with E-state index in [0.29, 0.717) is 39.1 Å². The van der Waals surface area contributed by atoms with E-state index in [-0.39, 0.29) is 29.9 Å². The maximum atomic E-state index is 11.8. The van der Waals surface area contributed by atoms with Crippen LogP contribution in [-0.2, 0) is 19.1 Å². The number of rotatable bonds is 7. The number of carboxylic acid groups (broad SMARTS) is 1. The van der Waals surface area contributed by atoms with Crippen molar-refractivity contribution in [1.82, 2.24) is 10.2 Å². The molecule has 118 valence electrons. The second-order valence-electron chi connectivity index (χ2n) is 5.35. The Morgan fingerprint density at radius 1 is 1.19 bits per heavy atom. The van der Waals surface area contributed by atoms with E-state index in [1.165, 1.54) is 11.8 Å². The van der Waals surface area contributed by atoms with Crippen molar-refractivity contribution >= 4 is 29.5 Å². The zero-order chi connectivity index (χ0) is 15.3. The third-order valence-electron chi connectivity index (χ3n) is 3.75. The van der Waals surface area contributed by atoms with Crippen LogP contribution < -0.4 is 5.32 Å². The molecule has 1 saturated carbocycles. The Hall–Kier alpha value is -1.28. The van der Waals surface area contributed by atoms with Crippen molar-refractivity contribution in [3.63, 3.8) is 0 Å². The summed E-state index contributed by atoms with van der Waals surface area (Å²) in [6.07, 6.45) is 1.23. The molecule has 0 radical (unpaired) electrons. The molecule has 0 spiro atoms. The van der Waals surface area contributed by atoms with E-state index in [1.54, 1.807) is 4.90 Å². The molecule has 1 aliphatic heterocycles. The highest BCUT2D eigenvalue weighted by Gasteiger charge is 2.50. The van der Waals surface area contributed by atoms with Gasteiger partial charge in [0, 0.05) is 19.6 Å². The highest BCUT2D eigenvalue weighted by atomic mass is 32.2. The normalized spacial score (nSPS) is 19.9. The lowest BCUT2D eigenvalue weighted by Crippen LogP contribution is -2.41. The van der Waals surface area contributed by atoms with Crippen LogP contribution in [0.25, 0.3) is 0 Å². The lowest BCUT2D eigenvalue weighted by molar-refractivity contribution is -0.143. The Bertz CT molecular complexity index is 419. The van der Waals surface area contributed by atoms with Gasteiger partial charge in [0.2, 0.25) is 11.8 Å². The molecule has 0 aromatic heterocycles. The lowest BCUT2D eigenvalue weighted by atomic mass is 10.1. The molecule has 1 heterocycles. The number of hydrogen-bond donors (Lipinski definition) is 2. The van der Waals surface area contributed by atoms with Gasteiger partial charge in [-0.15, -0.1) is 11.8 Å². The first kappa shape index (κ1) is 16.1. The van der Waals surface area contributed by atoms with E-state index in [2.05, 4.69) is 5.32 Å². The van der Waals surface area contributed by atoms with E-state index in [4.69, 9.17) is 9.84 Å². The van der Waals surface area contributed by atoms with E-state index in [0.717, 1.165) is 0 Å². The molecule has 7 nitrogen and oxygen atoms in total. The Morgan fingerprint density at radius 3 is 2.43 bits per heavy atom. The van der Waals surface area contributed by atoms with Crippen LogP contribution in [0, 0.1) is 5.41 Å². The number of carbonyl (C=O) groups excluding carboxylic acids is 2. The number of aliphatic carboxylic acids is 1. The van der Waals surface area contributed by atoms with Gasteiger partial charge in [-0.3, -0.25) is 14.4 Å². The van der Waals surface area contributed by atoms with Crippen molar-refractivity contribution in [2.24, 2.45) is 5.41 Å². The number of nitrogens with one attached hydrogen (secondary N) is 1. The molecule has 0 aromatic carbocycles. The summed E-state index contributed by atoms with van der Waals surface area (Å²) < 4.78 is 5.17. The van der Waals surface area contributed by atoms with Gasteiger partial charge in [-0.2, -0.15) is 0 Å². The predicted octanol–water partition coefficient (Wildman–Crippen LogP) is -0.441. The van der Waals surface area contributed by atoms with Crippen LogP contribution in [0.1, 0.15) is 12.8 Å². The van der Waals surface area contributed by atoms with Crippen molar-refractivity contribution in [2.75, 3.05) is 44.4 Å². The topological polar surface area (TPSA) is 95.9 Å². The zero-order valence-corrected chi connectivity index (χ0v) is 12.6. The summed E-state index contributed by atoms with van der Waals surface area (Å²) in [7, 11) is 0. The minimum absolute atomic E-state index is 0.0142. The van der Waals surface area contributed by atoms with Gasteiger partial charge >= 0.3 is 5.97 Å². The van der Waals surface area contributed by atoms with Gasteiger partial charge in [0.05, 0.1) is 30.1 Å². The van der Waals surface area contributed by atoms with Crippen LogP contribution in [0.3, 0.4) is 0 Å². The highest BCUT2D eigenvalue weighted by Crippen LogP contribution is 2.45. The first-order valence-corrected chi connectivity index (χ1v) is 8.12. The Morgan fingerprint density at radius 2 is 1.86 bits per heavy atom. The van der Waals surface area contributed by atoms with Crippen LogP contribution in [0.5, 0.6) is 0 Å². The third kappa shape index (κ3) is 4.60. The summed E-state index contributed by atoms with van der Waals surface area (Å²) >= 11 is 1.25. The van der Waals surface area contributed by atoms with Gasteiger partial charge in [-0.25, -0.2) is 0 Å². The maximum absolute atomic E-state index is 11.8. The summed E-state index contributed by atoms with van der Waals surface area (Å²) in [6.45, 7) is 2.51. The second kappa shape index (κ2) is 7.13. The fourth-order valence-corrected chi connectivity index (χ4v) is 2.82. The first-order valence-electron chi connectivity index (χ1n) is 6.97. The molecule has 2 aliphatic rings. The number of amides is 2. The summed E-state index contributed by atoms with van der Waals surface area (Å²) in [5.41, 5.74) is -0.746. The molecule has 0 unspecified atom stereocenters. The van der Waals surface area contributed by atoms with Crippen LogP contribution >= 0.6 is 11.8 Å². The molecule has 8 heteroatoms. The molecule has 2 fully saturated rings. The number of ether oxygens (including phenoxy) is 1. The number of carboxylic acids is 1. The SMILES string of the molecule is O=C(CSCC(=O)N1CCOCC1)NCC1(C(=O)O)CC1. The number of carbonyl (C=O) groups is 3. The van der Waals surface area contributed by atoms with Crippen LogP contribution in [0.15, 0.2) is 0 Å². The van der Waals surface area contributed by atoms with Crippen LogP contribution in [0.4, 0.5) is 0 Å². The largest absolute Gasteiger partial charge is 0.481 e. The second-order valence-corrected chi connectivity index (χ2v) is 6.33. The van der Waals surface area contributed by atoms with Crippen molar-refractivity contribution in [2.45, 2.75) is 12.8 Å². The van der Waals surface area contributed by atoms with Gasteiger partial charge < -0.3 is 20.1 Å². The smallest absolute Gasteiger partial charge is 0.311 e. The molecule has 1 saturated heterocycles. The van der Waals surface area contributed by atoms with E-state index in [1.807, 2.05) is 0 Å². The Labute approximate surface area is 127 Å². The summed E-state index contributed by atoms with van der Waals surface area (Å²) in [5.74, 6) is -0.621. The van der Waals surface area contributed by atoms with Crippen molar-refractivity contribution < 1.29 is 24.2 Å². The number of nitrogens with zero attached hydrogens (tertiary/aromatic N) is 1. The lowest BCUT2D eigenvalue weighted by Gasteiger charge is -2.26. The van der Waals surface area contributed by atoms with Crippen LogP contribution in [0.2, 0.25) is 0 Å². The molecule has 0 atom stereocenters. The maximum Gasteiger partial charge on any atom is 0.311 e. The third-order valence-corrected chi connectivity index (χ3v) is 4.67. The minimum Gasteiger partial charge on any atom is -0.481 e. The molecule has 0 aromatic rings. The molecule has 0 bridgehead atoms. The van der Waals surface area contributed by atoms with Crippen molar-refractivity contribution in [3.05, 3.63) is 0 Å². The quantitative estimate of drug-likeness (QED) is 0.661. The number of morpholine rings is 1. The zero-order valence-electron chi connectivity index (χ0n) is 11.8. The van der Waals surface area contributed by atoms with E-state index < -0.39 is 11.4 Å². The van der Waals surface area contributed by atoms with Crippen molar-refractivity contribution in [1.29, 1.82) is 0 Å². The fraction of sp³-hybridized carbons (Fsp3) is 0.769. The predicted molar refractivity (Wildman–Crippen MR) is 77.0 cm³/mol. The molecule has 2 N–H and O–H groups in total. The van der Waals surface area contributed by atoms with E-state index in [9.17, 15) is 14.4 Å². The van der Waals surface area contributed by atoms with Crippen LogP contribution in [-0.4, -0.2) is 72.1 Å². The summed E-state index contributed by atoms with van der Waals surface area (Å²) in [5, 5.41) is 11.6. The first-order chi connectivity index (χ1) is 10.0. The highest BCUT2D eigenvalue weighted by molar-refractivity contribution is 8.00. The average molecular weight is 316 g/mol.